The van der Waals surface area contributed by atoms with Crippen LogP contribution >= 0.6 is 0 Å². The topological polar surface area (TPSA) is 105 Å². The van der Waals surface area contributed by atoms with Crippen LogP contribution in [-0.4, -0.2) is 41.8 Å². The van der Waals surface area contributed by atoms with Crippen molar-refractivity contribution < 1.29 is 24.2 Å². The highest BCUT2D eigenvalue weighted by molar-refractivity contribution is 5.90. The minimum Gasteiger partial charge on any atom is -0.480 e. The van der Waals surface area contributed by atoms with Crippen LogP contribution in [0.25, 0.3) is 32.7 Å². The number of carboxylic acid groups (broad SMARTS) is 1. The van der Waals surface area contributed by atoms with E-state index in [2.05, 4.69) is 22.8 Å². The van der Waals surface area contributed by atoms with Crippen LogP contribution in [0.4, 0.5) is 4.79 Å². The molecule has 0 fully saturated rings. The molecule has 0 heterocycles. The van der Waals surface area contributed by atoms with Gasteiger partial charge in [0.1, 0.15) is 18.7 Å². The Labute approximate surface area is 278 Å². The van der Waals surface area contributed by atoms with Crippen LogP contribution in [0.1, 0.15) is 28.2 Å². The number of nitrogens with one attached hydrogen (secondary N) is 2. The van der Waals surface area contributed by atoms with Gasteiger partial charge in [-0.25, -0.2) is 9.59 Å². The molecular weight excluding hydrogens is 600 g/mol. The minimum atomic E-state index is -1.21. The molecule has 0 bridgehead atoms. The van der Waals surface area contributed by atoms with E-state index < -0.39 is 30.1 Å². The molecule has 0 aliphatic heterocycles. The Bertz CT molecular complexity index is 2110. The second-order valence-electron chi connectivity index (χ2n) is 12.2. The van der Waals surface area contributed by atoms with Gasteiger partial charge < -0.3 is 20.5 Å². The first-order chi connectivity index (χ1) is 23.4. The lowest BCUT2D eigenvalue weighted by molar-refractivity contribution is -0.142. The average Bonchev–Trinajstić information content (AvgIpc) is 3.43. The third-order valence-electron chi connectivity index (χ3n) is 9.07. The van der Waals surface area contributed by atoms with Crippen molar-refractivity contribution in [1.29, 1.82) is 0 Å². The lowest BCUT2D eigenvalue weighted by atomic mass is 9.98. The molecule has 6 aromatic carbocycles. The molecule has 0 spiro atoms. The number of ether oxygens (including phenoxy) is 1. The number of carboxylic acids is 1. The third-order valence-corrected chi connectivity index (χ3v) is 9.07. The van der Waals surface area contributed by atoms with Crippen LogP contribution in [0.3, 0.4) is 0 Å². The SMILES string of the molecule is O=C(NC(Cc1ccc2ccccc2c1)C(=O)N[C@H](Cc1ccc2ccccc2c1)C(=O)O)OCC1c2ccccc2-c2ccccc21. The normalized spacial score (nSPS) is 13.3. The highest BCUT2D eigenvalue weighted by Crippen LogP contribution is 2.44. The number of aliphatic carboxylic acids is 1. The van der Waals surface area contributed by atoms with Gasteiger partial charge in [0, 0.05) is 18.8 Å². The van der Waals surface area contributed by atoms with Crippen LogP contribution in [0, 0.1) is 0 Å². The summed E-state index contributed by atoms with van der Waals surface area (Å²) in [6, 6.07) is 41.1. The molecule has 7 heteroatoms. The molecule has 7 rings (SSSR count). The second kappa shape index (κ2) is 13.4. The van der Waals surface area contributed by atoms with Gasteiger partial charge in [0.2, 0.25) is 5.91 Å². The maximum Gasteiger partial charge on any atom is 0.407 e. The van der Waals surface area contributed by atoms with Gasteiger partial charge in [0.15, 0.2) is 0 Å². The third kappa shape index (κ3) is 6.48. The van der Waals surface area contributed by atoms with E-state index in [0.29, 0.717) is 0 Å². The summed E-state index contributed by atoms with van der Waals surface area (Å²) in [7, 11) is 0. The quantitative estimate of drug-likeness (QED) is 0.147. The maximum atomic E-state index is 13.8. The van der Waals surface area contributed by atoms with E-state index in [1.165, 1.54) is 0 Å². The number of amides is 2. The van der Waals surface area contributed by atoms with Gasteiger partial charge in [0.25, 0.3) is 0 Å². The fourth-order valence-corrected chi connectivity index (χ4v) is 6.67. The van der Waals surface area contributed by atoms with E-state index in [1.54, 1.807) is 0 Å². The van der Waals surface area contributed by atoms with E-state index in [1.807, 2.05) is 121 Å². The first-order valence-electron chi connectivity index (χ1n) is 16.0. The molecular formula is C41H34N2O5. The number of carbonyl (C=O) groups is 3. The number of carbonyl (C=O) groups excluding carboxylic acids is 2. The zero-order valence-electron chi connectivity index (χ0n) is 26.1. The molecule has 0 aromatic heterocycles. The number of hydrogen-bond donors (Lipinski definition) is 3. The van der Waals surface area contributed by atoms with Gasteiger partial charge in [-0.1, -0.05) is 133 Å². The summed E-state index contributed by atoms with van der Waals surface area (Å²) in [6.07, 6.45) is -0.526. The Balaban J connectivity index is 1.10. The summed E-state index contributed by atoms with van der Waals surface area (Å²) in [5.41, 5.74) is 5.97. The maximum absolute atomic E-state index is 13.8. The molecule has 3 N–H and O–H groups in total. The Morgan fingerprint density at radius 1 is 0.583 bits per heavy atom. The van der Waals surface area contributed by atoms with Crippen molar-refractivity contribution in [2.75, 3.05) is 6.61 Å². The smallest absolute Gasteiger partial charge is 0.407 e. The first kappa shape index (κ1) is 30.7. The van der Waals surface area contributed by atoms with Crippen molar-refractivity contribution in [1.82, 2.24) is 10.6 Å². The number of hydrogen-bond acceptors (Lipinski definition) is 4. The van der Waals surface area contributed by atoms with E-state index in [4.69, 9.17) is 4.74 Å². The molecule has 1 aliphatic carbocycles. The van der Waals surface area contributed by atoms with Crippen molar-refractivity contribution >= 4 is 39.5 Å². The number of fused-ring (bicyclic) bond motifs is 5. The fourth-order valence-electron chi connectivity index (χ4n) is 6.67. The Morgan fingerprint density at radius 2 is 1.06 bits per heavy atom. The summed E-state index contributed by atoms with van der Waals surface area (Å²) < 4.78 is 5.77. The molecule has 1 aliphatic rings. The molecule has 7 nitrogen and oxygen atoms in total. The van der Waals surface area contributed by atoms with Crippen LogP contribution in [0.15, 0.2) is 133 Å². The van der Waals surface area contributed by atoms with Crippen LogP contribution in [-0.2, 0) is 27.2 Å². The summed E-state index contributed by atoms with van der Waals surface area (Å²) >= 11 is 0. The van der Waals surface area contributed by atoms with Crippen molar-refractivity contribution in [3.63, 3.8) is 0 Å². The molecule has 238 valence electrons. The summed E-state index contributed by atoms with van der Waals surface area (Å²) in [4.78, 5) is 39.5. The molecule has 0 radical (unpaired) electrons. The highest BCUT2D eigenvalue weighted by atomic mass is 16.5. The van der Waals surface area contributed by atoms with Crippen LogP contribution in [0.2, 0.25) is 0 Å². The van der Waals surface area contributed by atoms with Crippen LogP contribution < -0.4 is 10.6 Å². The predicted molar refractivity (Wildman–Crippen MR) is 187 cm³/mol. The summed E-state index contributed by atoms with van der Waals surface area (Å²) in [6.45, 7) is 0.0872. The number of benzene rings is 6. The van der Waals surface area contributed by atoms with E-state index in [0.717, 1.165) is 54.9 Å². The first-order valence-corrected chi connectivity index (χ1v) is 16.0. The second-order valence-corrected chi connectivity index (χ2v) is 12.2. The zero-order chi connectivity index (χ0) is 33.0. The molecule has 0 saturated heterocycles. The fraction of sp³-hybridized carbons (Fsp3) is 0.146. The molecule has 1 unspecified atom stereocenters. The van der Waals surface area contributed by atoms with E-state index in [-0.39, 0.29) is 25.4 Å². The number of alkyl carbamates (subject to hydrolysis) is 1. The molecule has 6 aromatic rings. The zero-order valence-corrected chi connectivity index (χ0v) is 26.1. The van der Waals surface area contributed by atoms with Crippen molar-refractivity contribution in [2.24, 2.45) is 0 Å². The summed E-state index contributed by atoms with van der Waals surface area (Å²) in [5, 5.41) is 19.6. The molecule has 2 atom stereocenters. The number of rotatable bonds is 10. The van der Waals surface area contributed by atoms with Crippen molar-refractivity contribution in [3.8, 4) is 11.1 Å². The minimum absolute atomic E-state index is 0.0829. The Kier molecular flexibility index (Phi) is 8.58. The molecule has 0 saturated carbocycles. The summed E-state index contributed by atoms with van der Waals surface area (Å²) in [5.74, 6) is -1.92. The average molecular weight is 635 g/mol. The Morgan fingerprint density at radius 3 is 1.60 bits per heavy atom. The van der Waals surface area contributed by atoms with Gasteiger partial charge in [-0.15, -0.1) is 0 Å². The van der Waals surface area contributed by atoms with Gasteiger partial charge in [-0.05, 0) is 54.9 Å². The van der Waals surface area contributed by atoms with E-state index >= 15 is 0 Å². The van der Waals surface area contributed by atoms with Gasteiger partial charge in [-0.2, -0.15) is 0 Å². The van der Waals surface area contributed by atoms with Gasteiger partial charge in [0.05, 0.1) is 0 Å². The highest BCUT2D eigenvalue weighted by Gasteiger charge is 2.31. The molecule has 48 heavy (non-hydrogen) atoms. The van der Waals surface area contributed by atoms with Gasteiger partial charge >= 0.3 is 12.1 Å². The predicted octanol–water partition coefficient (Wildman–Crippen LogP) is 7.25. The van der Waals surface area contributed by atoms with E-state index in [9.17, 15) is 19.5 Å². The van der Waals surface area contributed by atoms with Crippen LogP contribution in [0.5, 0.6) is 0 Å². The van der Waals surface area contributed by atoms with Gasteiger partial charge in [-0.3, -0.25) is 4.79 Å². The Hall–Kier alpha value is -5.95. The lowest BCUT2D eigenvalue weighted by Crippen LogP contribution is -2.53. The lowest BCUT2D eigenvalue weighted by Gasteiger charge is -2.22. The molecule has 2 amide bonds. The van der Waals surface area contributed by atoms with Crippen molar-refractivity contribution in [2.45, 2.75) is 30.8 Å². The monoisotopic (exact) mass is 634 g/mol. The van der Waals surface area contributed by atoms with Crippen molar-refractivity contribution in [3.05, 3.63) is 156 Å². The standard InChI is InChI=1S/C41H34N2O5/c44-39(42-38(40(45)46)24-27-18-20-29-10-2-4-12-31(29)22-27)37(23-26-17-19-28-9-1-3-11-30(28)21-26)43-41(47)48-25-36-34-15-7-5-13-32(34)33-14-6-8-16-35(33)36/h1-22,36-38H,23-25H2,(H,42,44)(H,43,47)(H,45,46)/t37?,38-/m1/s1. The largest absolute Gasteiger partial charge is 0.480 e.